The van der Waals surface area contributed by atoms with Crippen LogP contribution in [-0.2, 0) is 9.59 Å². The first-order valence-corrected chi connectivity index (χ1v) is 8.89. The molecule has 2 amide bonds. The van der Waals surface area contributed by atoms with Crippen LogP contribution in [0.1, 0.15) is 20.8 Å². The minimum Gasteiger partial charge on any atom is -0.494 e. The van der Waals surface area contributed by atoms with Crippen LogP contribution >= 0.6 is 0 Å². The Balaban J connectivity index is 2.07. The molecule has 2 rings (SSSR count). The molecule has 0 aromatic heterocycles. The molecule has 2 aromatic carbocycles. The molecule has 28 heavy (non-hydrogen) atoms. The van der Waals surface area contributed by atoms with E-state index in [1.54, 1.807) is 56.3 Å². The summed E-state index contributed by atoms with van der Waals surface area (Å²) in [4.78, 5) is 25.3. The zero-order chi connectivity index (χ0) is 20.7. The first-order chi connectivity index (χ1) is 13.3. The SMILES string of the molecule is CCOc1ccc(NC(=O)C(C)(C)C(=O)Nc2ccc(OC)c(OC)c2)cc1. The van der Waals surface area contributed by atoms with Gasteiger partial charge in [-0.2, -0.15) is 0 Å². The molecule has 0 heterocycles. The van der Waals surface area contributed by atoms with E-state index in [-0.39, 0.29) is 0 Å². The number of rotatable bonds is 8. The lowest BCUT2D eigenvalue weighted by atomic mass is 9.90. The normalized spacial score (nSPS) is 10.8. The summed E-state index contributed by atoms with van der Waals surface area (Å²) in [6.07, 6.45) is 0. The third-order valence-electron chi connectivity index (χ3n) is 4.20. The molecule has 7 heteroatoms. The van der Waals surface area contributed by atoms with E-state index in [1.807, 2.05) is 6.92 Å². The van der Waals surface area contributed by atoms with Crippen molar-refractivity contribution in [3.8, 4) is 17.2 Å². The van der Waals surface area contributed by atoms with E-state index in [0.717, 1.165) is 0 Å². The lowest BCUT2D eigenvalue weighted by molar-refractivity contribution is -0.135. The summed E-state index contributed by atoms with van der Waals surface area (Å²) in [6.45, 7) is 5.59. The van der Waals surface area contributed by atoms with Gasteiger partial charge in [0.25, 0.3) is 0 Å². The molecule has 0 saturated carbocycles. The van der Waals surface area contributed by atoms with Gasteiger partial charge in [0, 0.05) is 17.4 Å². The predicted octanol–water partition coefficient (Wildman–Crippen LogP) is 3.71. The maximum absolute atomic E-state index is 12.7. The highest BCUT2D eigenvalue weighted by atomic mass is 16.5. The third kappa shape index (κ3) is 4.94. The molecule has 0 aliphatic carbocycles. The summed E-state index contributed by atoms with van der Waals surface area (Å²) in [5, 5.41) is 5.50. The number of nitrogens with one attached hydrogen (secondary N) is 2. The molecule has 0 fully saturated rings. The fourth-order valence-corrected chi connectivity index (χ4v) is 2.39. The molecule has 2 N–H and O–H groups in total. The molecule has 0 aliphatic heterocycles. The molecular formula is C21H26N2O5. The summed E-state index contributed by atoms with van der Waals surface area (Å²) in [5.41, 5.74) is -0.212. The van der Waals surface area contributed by atoms with Crippen LogP contribution in [-0.4, -0.2) is 32.6 Å². The number of methoxy groups -OCH3 is 2. The Bertz CT molecular complexity index is 831. The van der Waals surface area contributed by atoms with Crippen molar-refractivity contribution < 1.29 is 23.8 Å². The number of hydrogen-bond acceptors (Lipinski definition) is 5. The molecule has 2 aromatic rings. The summed E-state index contributed by atoms with van der Waals surface area (Å²) in [7, 11) is 3.04. The first-order valence-electron chi connectivity index (χ1n) is 8.89. The van der Waals surface area contributed by atoms with Crippen molar-refractivity contribution in [2.45, 2.75) is 20.8 Å². The lowest BCUT2D eigenvalue weighted by Gasteiger charge is -2.23. The average molecular weight is 386 g/mol. The minimum atomic E-state index is -1.30. The summed E-state index contributed by atoms with van der Waals surface area (Å²) in [6, 6.07) is 12.0. The van der Waals surface area contributed by atoms with Gasteiger partial charge in [0.1, 0.15) is 11.2 Å². The van der Waals surface area contributed by atoms with E-state index in [2.05, 4.69) is 10.6 Å². The van der Waals surface area contributed by atoms with E-state index in [4.69, 9.17) is 14.2 Å². The molecule has 0 spiro atoms. The standard InChI is InChI=1S/C21H26N2O5/c1-6-28-16-10-7-14(8-11-16)22-19(24)21(2,3)20(25)23-15-9-12-17(26-4)18(13-15)27-5/h7-13H,6H2,1-5H3,(H,22,24)(H,23,25). The molecule has 0 atom stereocenters. The number of benzene rings is 2. The van der Waals surface area contributed by atoms with Gasteiger partial charge >= 0.3 is 0 Å². The summed E-state index contributed by atoms with van der Waals surface area (Å²) >= 11 is 0. The number of ether oxygens (including phenoxy) is 3. The second kappa shape index (κ2) is 9.12. The number of anilines is 2. The van der Waals surface area contributed by atoms with Gasteiger partial charge in [-0.15, -0.1) is 0 Å². The molecular weight excluding hydrogens is 360 g/mol. The van der Waals surface area contributed by atoms with Crippen molar-refractivity contribution in [3.05, 3.63) is 42.5 Å². The molecule has 0 radical (unpaired) electrons. The van der Waals surface area contributed by atoms with Crippen LogP contribution in [0.3, 0.4) is 0 Å². The Morgan fingerprint density at radius 1 is 0.857 bits per heavy atom. The molecule has 0 saturated heterocycles. The van der Waals surface area contributed by atoms with Crippen molar-refractivity contribution in [2.75, 3.05) is 31.5 Å². The van der Waals surface area contributed by atoms with E-state index in [1.165, 1.54) is 14.2 Å². The van der Waals surface area contributed by atoms with E-state index in [0.29, 0.717) is 35.2 Å². The minimum absolute atomic E-state index is 0.422. The van der Waals surface area contributed by atoms with E-state index < -0.39 is 17.2 Å². The van der Waals surface area contributed by atoms with Gasteiger partial charge in [0.2, 0.25) is 11.8 Å². The topological polar surface area (TPSA) is 85.9 Å². The Hall–Kier alpha value is -3.22. The Labute approximate surface area is 165 Å². The quantitative estimate of drug-likeness (QED) is 0.676. The van der Waals surface area contributed by atoms with Gasteiger partial charge in [-0.3, -0.25) is 9.59 Å². The first kappa shape index (κ1) is 21.1. The Morgan fingerprint density at radius 2 is 1.39 bits per heavy atom. The number of hydrogen-bond donors (Lipinski definition) is 2. The Morgan fingerprint density at radius 3 is 1.93 bits per heavy atom. The van der Waals surface area contributed by atoms with Crippen molar-refractivity contribution in [2.24, 2.45) is 5.41 Å². The van der Waals surface area contributed by atoms with Gasteiger partial charge in [-0.05, 0) is 57.2 Å². The molecule has 0 aliphatic rings. The Kier molecular flexibility index (Phi) is 6.87. The van der Waals surface area contributed by atoms with Gasteiger partial charge < -0.3 is 24.8 Å². The summed E-state index contributed by atoms with van der Waals surface area (Å²) in [5.74, 6) is 0.883. The zero-order valence-electron chi connectivity index (χ0n) is 16.8. The van der Waals surface area contributed by atoms with Crippen molar-refractivity contribution >= 4 is 23.2 Å². The predicted molar refractivity (Wildman–Crippen MR) is 108 cm³/mol. The van der Waals surface area contributed by atoms with Gasteiger partial charge in [0.15, 0.2) is 11.5 Å². The molecule has 7 nitrogen and oxygen atoms in total. The van der Waals surface area contributed by atoms with Crippen molar-refractivity contribution in [1.82, 2.24) is 0 Å². The van der Waals surface area contributed by atoms with Gasteiger partial charge in [-0.25, -0.2) is 0 Å². The van der Waals surface area contributed by atoms with Gasteiger partial charge in [0.05, 0.1) is 20.8 Å². The highest BCUT2D eigenvalue weighted by Crippen LogP contribution is 2.31. The molecule has 0 unspecified atom stereocenters. The monoisotopic (exact) mass is 386 g/mol. The largest absolute Gasteiger partial charge is 0.494 e. The summed E-state index contributed by atoms with van der Waals surface area (Å²) < 4.78 is 15.8. The lowest BCUT2D eigenvalue weighted by Crippen LogP contribution is -2.41. The van der Waals surface area contributed by atoms with Crippen LogP contribution in [0.25, 0.3) is 0 Å². The van der Waals surface area contributed by atoms with Crippen LogP contribution in [0.2, 0.25) is 0 Å². The average Bonchev–Trinajstić information content (AvgIpc) is 2.69. The van der Waals surface area contributed by atoms with E-state index >= 15 is 0 Å². The maximum Gasteiger partial charge on any atom is 0.239 e. The zero-order valence-corrected chi connectivity index (χ0v) is 16.8. The van der Waals surface area contributed by atoms with Crippen LogP contribution in [0, 0.1) is 5.41 Å². The fourth-order valence-electron chi connectivity index (χ4n) is 2.39. The number of carbonyl (C=O) groups excluding carboxylic acids is 2. The number of carbonyl (C=O) groups is 2. The maximum atomic E-state index is 12.7. The third-order valence-corrected chi connectivity index (χ3v) is 4.20. The van der Waals surface area contributed by atoms with E-state index in [9.17, 15) is 9.59 Å². The van der Waals surface area contributed by atoms with Crippen LogP contribution in [0.15, 0.2) is 42.5 Å². The van der Waals surface area contributed by atoms with Crippen LogP contribution in [0.4, 0.5) is 11.4 Å². The second-order valence-electron chi connectivity index (χ2n) is 6.56. The smallest absolute Gasteiger partial charge is 0.239 e. The van der Waals surface area contributed by atoms with Crippen LogP contribution in [0.5, 0.6) is 17.2 Å². The number of amides is 2. The van der Waals surface area contributed by atoms with Crippen molar-refractivity contribution in [1.29, 1.82) is 0 Å². The van der Waals surface area contributed by atoms with Crippen LogP contribution < -0.4 is 24.8 Å². The van der Waals surface area contributed by atoms with Gasteiger partial charge in [-0.1, -0.05) is 0 Å². The van der Waals surface area contributed by atoms with Crippen molar-refractivity contribution in [3.63, 3.8) is 0 Å². The fraction of sp³-hybridized carbons (Fsp3) is 0.333. The molecule has 150 valence electrons. The molecule has 0 bridgehead atoms. The highest BCUT2D eigenvalue weighted by Gasteiger charge is 2.36. The highest BCUT2D eigenvalue weighted by molar-refractivity contribution is 6.14. The second-order valence-corrected chi connectivity index (χ2v) is 6.56.